The highest BCUT2D eigenvalue weighted by molar-refractivity contribution is 7.92. The lowest BCUT2D eigenvalue weighted by Gasteiger charge is -2.27. The second-order valence-corrected chi connectivity index (χ2v) is 8.34. The van der Waals surface area contributed by atoms with Crippen LogP contribution in [0.25, 0.3) is 0 Å². The predicted octanol–water partition coefficient (Wildman–Crippen LogP) is 2.05. The molecule has 0 bridgehead atoms. The molecule has 0 aromatic heterocycles. The van der Waals surface area contributed by atoms with E-state index < -0.39 is 10.0 Å². The van der Waals surface area contributed by atoms with Crippen molar-refractivity contribution < 1.29 is 13.2 Å². The summed E-state index contributed by atoms with van der Waals surface area (Å²) in [7, 11) is -3.72. The highest BCUT2D eigenvalue weighted by Crippen LogP contribution is 2.21. The molecule has 6 nitrogen and oxygen atoms in total. The number of carbonyl (C=O) groups is 1. The average molecular weight is 373 g/mol. The molecule has 1 fully saturated rings. The van der Waals surface area contributed by atoms with Crippen molar-refractivity contribution in [1.82, 2.24) is 10.6 Å². The molecule has 1 amide bonds. The molecule has 0 aliphatic carbocycles. The van der Waals surface area contributed by atoms with Crippen molar-refractivity contribution >= 4 is 21.6 Å². The summed E-state index contributed by atoms with van der Waals surface area (Å²) < 4.78 is 28.0. The number of anilines is 1. The highest BCUT2D eigenvalue weighted by atomic mass is 32.2. The van der Waals surface area contributed by atoms with Crippen molar-refractivity contribution in [2.75, 3.05) is 24.4 Å². The normalized spacial score (nSPS) is 14.5. The zero-order valence-electron chi connectivity index (χ0n) is 14.9. The zero-order chi connectivity index (χ0) is 18.7. The number of benzene rings is 2. The molecular weight excluding hydrogens is 350 g/mol. The Kier molecular flexibility index (Phi) is 5.29. The van der Waals surface area contributed by atoms with E-state index in [0.717, 1.165) is 18.7 Å². The van der Waals surface area contributed by atoms with E-state index in [2.05, 4.69) is 15.4 Å². The van der Waals surface area contributed by atoms with Gasteiger partial charge in [-0.15, -0.1) is 0 Å². The van der Waals surface area contributed by atoms with Gasteiger partial charge in [-0.25, -0.2) is 8.42 Å². The fourth-order valence-electron chi connectivity index (χ4n) is 2.76. The van der Waals surface area contributed by atoms with E-state index in [1.165, 1.54) is 0 Å². The van der Waals surface area contributed by atoms with E-state index in [4.69, 9.17) is 0 Å². The number of amides is 1. The molecule has 2 aromatic carbocycles. The van der Waals surface area contributed by atoms with Crippen molar-refractivity contribution in [3.8, 4) is 0 Å². The lowest BCUT2D eigenvalue weighted by Crippen LogP contribution is -2.48. The van der Waals surface area contributed by atoms with E-state index in [1.54, 1.807) is 43.3 Å². The van der Waals surface area contributed by atoms with Gasteiger partial charge < -0.3 is 10.6 Å². The largest absolute Gasteiger partial charge is 0.352 e. The number of aryl methyl sites for hydroxylation is 2. The molecular formula is C19H23N3O3S. The van der Waals surface area contributed by atoms with Crippen LogP contribution in [0, 0.1) is 19.8 Å². The van der Waals surface area contributed by atoms with Gasteiger partial charge in [0.1, 0.15) is 0 Å². The monoisotopic (exact) mass is 373 g/mol. The molecule has 1 aliphatic rings. The van der Waals surface area contributed by atoms with Crippen LogP contribution in [0.5, 0.6) is 0 Å². The van der Waals surface area contributed by atoms with Crippen LogP contribution in [0.2, 0.25) is 0 Å². The topological polar surface area (TPSA) is 87.3 Å². The van der Waals surface area contributed by atoms with E-state index in [1.807, 2.05) is 13.0 Å². The molecule has 26 heavy (non-hydrogen) atoms. The first-order valence-corrected chi connectivity index (χ1v) is 10.0. The van der Waals surface area contributed by atoms with E-state index in [-0.39, 0.29) is 10.8 Å². The van der Waals surface area contributed by atoms with Gasteiger partial charge in [-0.05, 0) is 49.2 Å². The molecule has 0 radical (unpaired) electrons. The van der Waals surface area contributed by atoms with E-state index in [9.17, 15) is 13.2 Å². The van der Waals surface area contributed by atoms with Crippen LogP contribution in [0.1, 0.15) is 21.5 Å². The number of hydrogen-bond acceptors (Lipinski definition) is 4. The molecule has 1 aliphatic heterocycles. The highest BCUT2D eigenvalue weighted by Gasteiger charge is 2.19. The van der Waals surface area contributed by atoms with Gasteiger partial charge in [0, 0.05) is 36.8 Å². The Hall–Kier alpha value is -2.38. The molecule has 0 atom stereocenters. The molecule has 138 valence electrons. The Bertz CT molecular complexity index is 921. The summed E-state index contributed by atoms with van der Waals surface area (Å²) in [6.45, 7) is 6.05. The fraction of sp³-hybridized carbons (Fsp3) is 0.316. The van der Waals surface area contributed by atoms with Crippen LogP contribution in [0.3, 0.4) is 0 Å². The summed E-state index contributed by atoms with van der Waals surface area (Å²) in [5, 5.41) is 6.04. The van der Waals surface area contributed by atoms with Crippen LogP contribution in [-0.4, -0.2) is 34.0 Å². The lowest BCUT2D eigenvalue weighted by atomic mass is 10.0. The summed E-state index contributed by atoms with van der Waals surface area (Å²) >= 11 is 0. The molecule has 3 N–H and O–H groups in total. The van der Waals surface area contributed by atoms with Crippen LogP contribution in [0.4, 0.5) is 5.69 Å². The summed E-state index contributed by atoms with van der Waals surface area (Å²) in [6.07, 6.45) is 0. The van der Waals surface area contributed by atoms with Crippen molar-refractivity contribution in [2.45, 2.75) is 18.7 Å². The average Bonchev–Trinajstić information content (AvgIpc) is 2.55. The van der Waals surface area contributed by atoms with Crippen molar-refractivity contribution in [1.29, 1.82) is 0 Å². The minimum Gasteiger partial charge on any atom is -0.352 e. The second-order valence-electron chi connectivity index (χ2n) is 6.69. The molecule has 0 unspecified atom stereocenters. The lowest BCUT2D eigenvalue weighted by molar-refractivity contribution is 0.0942. The second kappa shape index (κ2) is 7.47. The van der Waals surface area contributed by atoms with Crippen molar-refractivity contribution in [3.05, 3.63) is 59.2 Å². The van der Waals surface area contributed by atoms with Gasteiger partial charge in [0.25, 0.3) is 15.9 Å². The van der Waals surface area contributed by atoms with Gasteiger partial charge in [-0.2, -0.15) is 0 Å². The Morgan fingerprint density at radius 2 is 1.92 bits per heavy atom. The third kappa shape index (κ3) is 4.23. The molecule has 2 aromatic rings. The summed E-state index contributed by atoms with van der Waals surface area (Å²) in [5.41, 5.74) is 2.34. The molecule has 1 saturated heterocycles. The third-order valence-electron chi connectivity index (χ3n) is 4.43. The van der Waals surface area contributed by atoms with Crippen molar-refractivity contribution in [3.63, 3.8) is 0 Å². The molecule has 0 spiro atoms. The fourth-order valence-corrected chi connectivity index (χ4v) is 4.14. The van der Waals surface area contributed by atoms with Crippen LogP contribution >= 0.6 is 0 Å². The predicted molar refractivity (Wildman–Crippen MR) is 102 cm³/mol. The number of hydrogen-bond donors (Lipinski definition) is 3. The van der Waals surface area contributed by atoms with Gasteiger partial charge in [-0.3, -0.25) is 9.52 Å². The minimum atomic E-state index is -3.72. The molecule has 1 heterocycles. The number of carbonyl (C=O) groups excluding carboxylic acids is 1. The van der Waals surface area contributed by atoms with Crippen LogP contribution in [-0.2, 0) is 10.0 Å². The van der Waals surface area contributed by atoms with Gasteiger partial charge in [0.2, 0.25) is 0 Å². The van der Waals surface area contributed by atoms with Gasteiger partial charge in [0.05, 0.1) is 4.90 Å². The first-order chi connectivity index (χ1) is 12.3. The van der Waals surface area contributed by atoms with Gasteiger partial charge in [-0.1, -0.05) is 18.2 Å². The quantitative estimate of drug-likeness (QED) is 0.723. The third-order valence-corrected chi connectivity index (χ3v) is 5.95. The van der Waals surface area contributed by atoms with Crippen molar-refractivity contribution in [2.24, 2.45) is 5.92 Å². The Morgan fingerprint density at radius 3 is 2.62 bits per heavy atom. The smallest absolute Gasteiger partial charge is 0.262 e. The SMILES string of the molecule is Cc1ccc(C)c(S(=O)(=O)Nc2cccc(C(=O)NCC3CNC3)c2)c1. The van der Waals surface area contributed by atoms with Crippen LogP contribution < -0.4 is 15.4 Å². The maximum Gasteiger partial charge on any atom is 0.262 e. The maximum absolute atomic E-state index is 12.7. The van der Waals surface area contributed by atoms with Gasteiger partial charge >= 0.3 is 0 Å². The van der Waals surface area contributed by atoms with Gasteiger partial charge in [0.15, 0.2) is 0 Å². The standard InChI is InChI=1S/C19H23N3O3S/c1-13-6-7-14(2)18(8-13)26(24,25)22-17-5-3-4-16(9-17)19(23)21-12-15-10-20-11-15/h3-9,15,20,22H,10-12H2,1-2H3,(H,21,23). The van der Waals surface area contributed by atoms with Crippen LogP contribution in [0.15, 0.2) is 47.4 Å². The molecule has 0 saturated carbocycles. The number of sulfonamides is 1. The zero-order valence-corrected chi connectivity index (χ0v) is 15.7. The minimum absolute atomic E-state index is 0.204. The first-order valence-electron chi connectivity index (χ1n) is 8.54. The maximum atomic E-state index is 12.7. The van der Waals surface area contributed by atoms with E-state index in [0.29, 0.717) is 29.3 Å². The number of rotatable bonds is 6. The Balaban J connectivity index is 1.75. The number of nitrogens with one attached hydrogen (secondary N) is 3. The Morgan fingerprint density at radius 1 is 1.15 bits per heavy atom. The Labute approximate surface area is 154 Å². The molecule has 7 heteroatoms. The molecule has 3 rings (SSSR count). The first kappa shape index (κ1) is 18.4. The summed E-state index contributed by atoms with van der Waals surface area (Å²) in [4.78, 5) is 12.5. The van der Waals surface area contributed by atoms with E-state index >= 15 is 0 Å². The summed E-state index contributed by atoms with van der Waals surface area (Å²) in [6, 6.07) is 11.8. The summed E-state index contributed by atoms with van der Waals surface area (Å²) in [5.74, 6) is 0.259.